The molecule has 33 heavy (non-hydrogen) atoms. The first kappa shape index (κ1) is 22.1. The van der Waals surface area contributed by atoms with E-state index in [1.165, 1.54) is 12.1 Å². The van der Waals surface area contributed by atoms with Gasteiger partial charge in [0.15, 0.2) is 0 Å². The molecule has 0 saturated carbocycles. The molecule has 0 fully saturated rings. The highest BCUT2D eigenvalue weighted by Gasteiger charge is 2.37. The van der Waals surface area contributed by atoms with Gasteiger partial charge >= 0.3 is 6.18 Å². The summed E-state index contributed by atoms with van der Waals surface area (Å²) in [5.41, 5.74) is -0.678. The summed E-state index contributed by atoms with van der Waals surface area (Å²) in [5, 5.41) is 7.55. The summed E-state index contributed by atoms with van der Waals surface area (Å²) in [4.78, 5) is 44.5. The molecule has 0 radical (unpaired) electrons. The summed E-state index contributed by atoms with van der Waals surface area (Å²) in [6.07, 6.45) is -5.11. The van der Waals surface area contributed by atoms with Gasteiger partial charge in [0.1, 0.15) is 5.82 Å². The molecule has 4 N–H and O–H groups in total. The topological polar surface area (TPSA) is 116 Å². The van der Waals surface area contributed by atoms with Crippen LogP contribution < -0.4 is 21.5 Å². The van der Waals surface area contributed by atoms with Crippen molar-refractivity contribution in [3.8, 4) is 0 Å². The highest BCUT2D eigenvalue weighted by atomic mass is 19.4. The van der Waals surface area contributed by atoms with E-state index in [-0.39, 0.29) is 17.3 Å². The zero-order chi connectivity index (χ0) is 23.8. The van der Waals surface area contributed by atoms with Gasteiger partial charge in [-0.25, -0.2) is 0 Å². The lowest BCUT2D eigenvalue weighted by Gasteiger charge is -2.24. The fourth-order valence-corrected chi connectivity index (χ4v) is 3.49. The van der Waals surface area contributed by atoms with Gasteiger partial charge in [-0.1, -0.05) is 29.8 Å². The van der Waals surface area contributed by atoms with Gasteiger partial charge in [0.25, 0.3) is 5.56 Å². The second kappa shape index (κ2) is 8.41. The Morgan fingerprint density at radius 1 is 1.09 bits per heavy atom. The molecule has 1 aliphatic heterocycles. The SMILES string of the molecule is Cc1ccc(Nc2nc3c(c(=O)[nH]2)C(C(=O)Nc2ccccc2C(F)(F)F)CC(=O)N3)cc1. The van der Waals surface area contributed by atoms with Crippen molar-refractivity contribution < 1.29 is 22.8 Å². The summed E-state index contributed by atoms with van der Waals surface area (Å²) in [6.45, 7) is 1.91. The minimum atomic E-state index is -4.69. The molecule has 2 heterocycles. The normalized spacial score (nSPS) is 15.4. The lowest BCUT2D eigenvalue weighted by Crippen LogP contribution is -2.36. The number of aryl methyl sites for hydroxylation is 1. The number of hydrogen-bond donors (Lipinski definition) is 4. The van der Waals surface area contributed by atoms with Crippen molar-refractivity contribution in [2.24, 2.45) is 0 Å². The molecular formula is C22H18F3N5O3. The number of rotatable bonds is 4. The van der Waals surface area contributed by atoms with Crippen molar-refractivity contribution >= 4 is 35.0 Å². The van der Waals surface area contributed by atoms with E-state index in [1.54, 1.807) is 12.1 Å². The zero-order valence-corrected chi connectivity index (χ0v) is 17.2. The number of aromatic nitrogens is 2. The third kappa shape index (κ3) is 4.71. The summed E-state index contributed by atoms with van der Waals surface area (Å²) < 4.78 is 39.8. The van der Waals surface area contributed by atoms with Crippen molar-refractivity contribution in [3.05, 3.63) is 75.6 Å². The van der Waals surface area contributed by atoms with Crippen LogP contribution in [0.3, 0.4) is 0 Å². The molecular weight excluding hydrogens is 439 g/mol. The quantitative estimate of drug-likeness (QED) is 0.474. The van der Waals surface area contributed by atoms with E-state index in [4.69, 9.17) is 0 Å². The fraction of sp³-hybridized carbons (Fsp3) is 0.182. The molecule has 1 aromatic heterocycles. The fourth-order valence-electron chi connectivity index (χ4n) is 3.49. The number of alkyl halides is 3. The van der Waals surface area contributed by atoms with Gasteiger partial charge in [-0.3, -0.25) is 19.4 Å². The molecule has 8 nitrogen and oxygen atoms in total. The number of halogens is 3. The first-order valence-electron chi connectivity index (χ1n) is 9.86. The van der Waals surface area contributed by atoms with Gasteiger partial charge in [0.05, 0.1) is 22.7 Å². The van der Waals surface area contributed by atoms with E-state index < -0.39 is 47.1 Å². The average molecular weight is 457 g/mol. The van der Waals surface area contributed by atoms with Gasteiger partial charge < -0.3 is 16.0 Å². The number of aromatic amines is 1. The van der Waals surface area contributed by atoms with Crippen LogP contribution in [0, 0.1) is 6.92 Å². The Labute approximate surface area is 185 Å². The van der Waals surface area contributed by atoms with Crippen LogP contribution in [0.4, 0.5) is 36.3 Å². The number of para-hydroxylation sites is 1. The van der Waals surface area contributed by atoms with Crippen LogP contribution in [0.25, 0.3) is 0 Å². The Kier molecular flexibility index (Phi) is 5.62. The van der Waals surface area contributed by atoms with Gasteiger partial charge in [-0.2, -0.15) is 18.2 Å². The Balaban J connectivity index is 1.65. The second-order valence-corrected chi connectivity index (χ2v) is 7.51. The first-order valence-corrected chi connectivity index (χ1v) is 9.86. The molecule has 1 aliphatic rings. The van der Waals surface area contributed by atoms with Gasteiger partial charge in [0.2, 0.25) is 17.8 Å². The van der Waals surface area contributed by atoms with Crippen LogP contribution in [0.2, 0.25) is 0 Å². The van der Waals surface area contributed by atoms with E-state index in [0.717, 1.165) is 17.7 Å². The van der Waals surface area contributed by atoms with Crippen LogP contribution in [0.15, 0.2) is 53.3 Å². The maximum absolute atomic E-state index is 13.3. The number of nitrogens with one attached hydrogen (secondary N) is 4. The number of H-pyrrole nitrogens is 1. The zero-order valence-electron chi connectivity index (χ0n) is 17.2. The molecule has 1 atom stereocenters. The van der Waals surface area contributed by atoms with Crippen LogP contribution in [0.5, 0.6) is 0 Å². The molecule has 0 aliphatic carbocycles. The van der Waals surface area contributed by atoms with E-state index in [1.807, 2.05) is 19.1 Å². The van der Waals surface area contributed by atoms with Crippen molar-refractivity contribution in [2.45, 2.75) is 25.4 Å². The molecule has 0 spiro atoms. The number of anilines is 4. The lowest BCUT2D eigenvalue weighted by atomic mass is 9.92. The lowest BCUT2D eigenvalue weighted by molar-refractivity contribution is -0.137. The number of benzene rings is 2. The van der Waals surface area contributed by atoms with Crippen LogP contribution in [-0.4, -0.2) is 21.8 Å². The largest absolute Gasteiger partial charge is 0.418 e. The summed E-state index contributed by atoms with van der Waals surface area (Å²) in [6, 6.07) is 11.7. The van der Waals surface area contributed by atoms with E-state index >= 15 is 0 Å². The Bertz CT molecular complexity index is 1290. The van der Waals surface area contributed by atoms with E-state index in [0.29, 0.717) is 5.69 Å². The Morgan fingerprint density at radius 2 is 1.79 bits per heavy atom. The molecule has 170 valence electrons. The summed E-state index contributed by atoms with van der Waals surface area (Å²) in [7, 11) is 0. The van der Waals surface area contributed by atoms with Crippen LogP contribution in [-0.2, 0) is 15.8 Å². The number of hydrogen-bond acceptors (Lipinski definition) is 5. The summed E-state index contributed by atoms with van der Waals surface area (Å²) >= 11 is 0. The first-order chi connectivity index (χ1) is 15.6. The predicted octanol–water partition coefficient (Wildman–Crippen LogP) is 3.91. The smallest absolute Gasteiger partial charge is 0.326 e. The highest BCUT2D eigenvalue weighted by Crippen LogP contribution is 2.36. The van der Waals surface area contributed by atoms with Gasteiger partial charge in [-0.05, 0) is 31.2 Å². The number of carbonyl (C=O) groups is 2. The maximum atomic E-state index is 13.3. The molecule has 2 aromatic carbocycles. The van der Waals surface area contributed by atoms with Crippen molar-refractivity contribution in [1.82, 2.24) is 9.97 Å². The van der Waals surface area contributed by atoms with Crippen molar-refractivity contribution in [3.63, 3.8) is 0 Å². The van der Waals surface area contributed by atoms with E-state index in [9.17, 15) is 27.6 Å². The van der Waals surface area contributed by atoms with Crippen molar-refractivity contribution in [1.29, 1.82) is 0 Å². The molecule has 1 unspecified atom stereocenters. The average Bonchev–Trinajstić information content (AvgIpc) is 2.74. The third-order valence-electron chi connectivity index (χ3n) is 5.07. The second-order valence-electron chi connectivity index (χ2n) is 7.51. The molecule has 2 amide bonds. The van der Waals surface area contributed by atoms with E-state index in [2.05, 4.69) is 25.9 Å². The summed E-state index contributed by atoms with van der Waals surface area (Å²) in [5.74, 6) is -2.93. The minimum Gasteiger partial charge on any atom is -0.326 e. The van der Waals surface area contributed by atoms with Crippen LogP contribution >= 0.6 is 0 Å². The highest BCUT2D eigenvalue weighted by molar-refractivity contribution is 6.04. The monoisotopic (exact) mass is 457 g/mol. The van der Waals surface area contributed by atoms with Gasteiger partial charge in [0, 0.05) is 12.1 Å². The number of amides is 2. The number of carbonyl (C=O) groups excluding carboxylic acids is 2. The number of nitrogens with zero attached hydrogens (tertiary/aromatic N) is 1. The standard InChI is InChI=1S/C22H18F3N5O3/c1-11-6-8-12(9-7-11)26-21-29-18-17(20(33)30-21)13(10-16(31)28-18)19(32)27-15-5-3-2-4-14(15)22(23,24)25/h2-9,13H,10H2,1H3,(H,27,32)(H3,26,28,29,30,31,33). The van der Waals surface area contributed by atoms with Crippen molar-refractivity contribution in [2.75, 3.05) is 16.0 Å². The predicted molar refractivity (Wildman–Crippen MR) is 115 cm³/mol. The molecule has 0 bridgehead atoms. The number of fused-ring (bicyclic) bond motifs is 1. The Morgan fingerprint density at radius 3 is 2.48 bits per heavy atom. The third-order valence-corrected chi connectivity index (χ3v) is 5.07. The minimum absolute atomic E-state index is 0.0337. The molecule has 4 rings (SSSR count). The Hall–Kier alpha value is -4.15. The molecule has 11 heteroatoms. The van der Waals surface area contributed by atoms with Crippen LogP contribution in [0.1, 0.15) is 29.0 Å². The van der Waals surface area contributed by atoms with Gasteiger partial charge in [-0.15, -0.1) is 0 Å². The maximum Gasteiger partial charge on any atom is 0.418 e. The molecule has 0 saturated heterocycles. The molecule has 3 aromatic rings.